The molecule has 3 heterocycles. The molecule has 5 rings (SSSR count). The molecule has 3 N–H and O–H groups in total. The summed E-state index contributed by atoms with van der Waals surface area (Å²) in [5.74, 6) is -3.46. The van der Waals surface area contributed by atoms with E-state index in [0.29, 0.717) is 5.57 Å². The Labute approximate surface area is 156 Å². The fraction of sp³-hybridized carbons (Fsp3) is 0.789. The van der Waals surface area contributed by atoms with Crippen LogP contribution in [0.4, 0.5) is 0 Å². The molecule has 2 aliphatic carbocycles. The van der Waals surface area contributed by atoms with Crippen LogP contribution in [-0.4, -0.2) is 69.0 Å². The minimum absolute atomic E-state index is 0.103. The van der Waals surface area contributed by atoms with Gasteiger partial charge >= 0.3 is 11.9 Å². The molecule has 0 aromatic heterocycles. The van der Waals surface area contributed by atoms with Gasteiger partial charge < -0.3 is 29.5 Å². The molecule has 8 nitrogen and oxygen atoms in total. The average Bonchev–Trinajstić information content (AvgIpc) is 3.17. The minimum atomic E-state index is -1.77. The number of esters is 2. The predicted molar refractivity (Wildman–Crippen MR) is 88.0 cm³/mol. The van der Waals surface area contributed by atoms with E-state index in [1.165, 1.54) is 6.92 Å². The Morgan fingerprint density at radius 3 is 2.52 bits per heavy atom. The van der Waals surface area contributed by atoms with Gasteiger partial charge in [-0.25, -0.2) is 0 Å². The summed E-state index contributed by atoms with van der Waals surface area (Å²) < 4.78 is 16.9. The number of fused-ring (bicyclic) bond motifs is 8. The molecule has 1 spiro atoms. The van der Waals surface area contributed by atoms with Crippen LogP contribution >= 0.6 is 0 Å². The van der Waals surface area contributed by atoms with E-state index < -0.39 is 76.8 Å². The summed E-state index contributed by atoms with van der Waals surface area (Å²) in [5.41, 5.74) is -3.83. The second-order valence-electron chi connectivity index (χ2n) is 9.06. The Bertz CT molecular complexity index is 778. The third-order valence-electron chi connectivity index (χ3n) is 7.95. The fourth-order valence-corrected chi connectivity index (χ4v) is 6.51. The molecular weight excluding hydrogens is 356 g/mol. The lowest BCUT2D eigenvalue weighted by molar-refractivity contribution is -0.272. The van der Waals surface area contributed by atoms with Gasteiger partial charge in [0.25, 0.3) is 0 Å². The summed E-state index contributed by atoms with van der Waals surface area (Å²) in [4.78, 5) is 25.1. The van der Waals surface area contributed by atoms with Crippen molar-refractivity contribution in [1.29, 1.82) is 0 Å². The number of epoxide rings is 1. The Morgan fingerprint density at radius 2 is 1.96 bits per heavy atom. The summed E-state index contributed by atoms with van der Waals surface area (Å²) in [7, 11) is 0. The first-order chi connectivity index (χ1) is 12.5. The third kappa shape index (κ3) is 1.59. The summed E-state index contributed by atoms with van der Waals surface area (Å²) in [6, 6.07) is 0. The van der Waals surface area contributed by atoms with E-state index in [1.807, 2.05) is 0 Å². The van der Waals surface area contributed by atoms with Crippen LogP contribution in [0.1, 0.15) is 27.2 Å². The second-order valence-corrected chi connectivity index (χ2v) is 9.06. The van der Waals surface area contributed by atoms with Gasteiger partial charge in [-0.15, -0.1) is 0 Å². The van der Waals surface area contributed by atoms with Crippen molar-refractivity contribution in [3.63, 3.8) is 0 Å². The van der Waals surface area contributed by atoms with Gasteiger partial charge in [-0.05, 0) is 13.8 Å². The van der Waals surface area contributed by atoms with Gasteiger partial charge in [-0.1, -0.05) is 19.1 Å². The van der Waals surface area contributed by atoms with Gasteiger partial charge in [-0.2, -0.15) is 0 Å². The molecule has 0 aromatic carbocycles. The Kier molecular flexibility index (Phi) is 3.09. The maximum absolute atomic E-state index is 12.7. The molecule has 11 unspecified atom stereocenters. The van der Waals surface area contributed by atoms with Crippen LogP contribution in [-0.2, 0) is 23.8 Å². The van der Waals surface area contributed by atoms with E-state index in [4.69, 9.17) is 14.2 Å². The first-order valence-corrected chi connectivity index (χ1v) is 9.35. The maximum atomic E-state index is 12.7. The van der Waals surface area contributed by atoms with E-state index >= 15 is 0 Å². The quantitative estimate of drug-likeness (QED) is 0.326. The molecule has 3 saturated heterocycles. The Hall–Kier alpha value is -1.48. The lowest BCUT2D eigenvalue weighted by atomic mass is 9.50. The van der Waals surface area contributed by atoms with Crippen molar-refractivity contribution in [2.75, 3.05) is 0 Å². The number of carbonyl (C=O) groups is 2. The highest BCUT2D eigenvalue weighted by atomic mass is 16.7. The predicted octanol–water partition coefficient (Wildman–Crippen LogP) is -0.704. The number of aliphatic hydroxyl groups excluding tert-OH is 2. The maximum Gasteiger partial charge on any atom is 0.313 e. The number of hydrogen-bond donors (Lipinski definition) is 3. The van der Waals surface area contributed by atoms with Crippen LogP contribution in [0.5, 0.6) is 0 Å². The molecule has 2 bridgehead atoms. The Balaban J connectivity index is 1.69. The smallest absolute Gasteiger partial charge is 0.313 e. The SMILES string of the molecule is C=C(C)C1C2OC(=O)C1C1(O)C3OC3C3(CC(C(C)O)C(=O)O3)C1(C)C2O. The molecule has 27 heavy (non-hydrogen) atoms. The number of carbonyl (C=O) groups excluding carboxylic acids is 2. The van der Waals surface area contributed by atoms with E-state index in [2.05, 4.69) is 6.58 Å². The number of aliphatic hydroxyl groups is 3. The van der Waals surface area contributed by atoms with E-state index in [-0.39, 0.29) is 6.42 Å². The van der Waals surface area contributed by atoms with Crippen molar-refractivity contribution in [3.05, 3.63) is 12.2 Å². The number of hydrogen-bond acceptors (Lipinski definition) is 8. The van der Waals surface area contributed by atoms with Crippen molar-refractivity contribution < 1.29 is 39.1 Å². The first-order valence-electron chi connectivity index (χ1n) is 9.35. The summed E-state index contributed by atoms with van der Waals surface area (Å²) in [6.45, 7) is 8.80. The van der Waals surface area contributed by atoms with Crippen LogP contribution in [0.25, 0.3) is 0 Å². The monoisotopic (exact) mass is 380 g/mol. The first kappa shape index (κ1) is 17.6. The van der Waals surface area contributed by atoms with Crippen molar-refractivity contribution >= 4 is 11.9 Å². The third-order valence-corrected chi connectivity index (χ3v) is 7.95. The zero-order chi connectivity index (χ0) is 19.7. The minimum Gasteiger partial charge on any atom is -0.459 e. The van der Waals surface area contributed by atoms with Gasteiger partial charge in [-0.3, -0.25) is 9.59 Å². The molecule has 148 valence electrons. The largest absolute Gasteiger partial charge is 0.459 e. The second kappa shape index (κ2) is 4.74. The van der Waals surface area contributed by atoms with Gasteiger partial charge in [0, 0.05) is 12.3 Å². The van der Waals surface area contributed by atoms with Crippen LogP contribution in [0, 0.1) is 23.2 Å². The van der Waals surface area contributed by atoms with Gasteiger partial charge in [0.05, 0.1) is 23.4 Å². The normalized spacial score (nSPS) is 58.5. The zero-order valence-corrected chi connectivity index (χ0v) is 15.4. The molecule has 5 aliphatic rings. The molecule has 0 amide bonds. The van der Waals surface area contributed by atoms with E-state index in [1.54, 1.807) is 13.8 Å². The van der Waals surface area contributed by atoms with E-state index in [0.717, 1.165) is 0 Å². The van der Waals surface area contributed by atoms with Gasteiger partial charge in [0.2, 0.25) is 0 Å². The van der Waals surface area contributed by atoms with E-state index in [9.17, 15) is 24.9 Å². The zero-order valence-electron chi connectivity index (χ0n) is 15.4. The van der Waals surface area contributed by atoms with Gasteiger partial charge in [0.1, 0.15) is 30.0 Å². The fourth-order valence-electron chi connectivity index (χ4n) is 6.51. The number of ether oxygens (including phenoxy) is 3. The van der Waals surface area contributed by atoms with Crippen molar-refractivity contribution in [2.45, 2.75) is 68.9 Å². The average molecular weight is 380 g/mol. The molecule has 2 saturated carbocycles. The van der Waals surface area contributed by atoms with Crippen LogP contribution in [0.2, 0.25) is 0 Å². The molecule has 8 heteroatoms. The standard InChI is InChI=1S/C19H24O8/c1-6(2)9-10-16(23)25-11(9)12(21)17(4)18(13-14(26-13)19(10,17)24)5-8(7(3)20)15(22)27-18/h7-14,20-21,24H,1,5H2,2-4H3. The highest BCUT2D eigenvalue weighted by Crippen LogP contribution is 2.75. The van der Waals surface area contributed by atoms with Crippen molar-refractivity contribution in [2.24, 2.45) is 23.2 Å². The molecule has 5 fully saturated rings. The van der Waals surface area contributed by atoms with Crippen LogP contribution < -0.4 is 0 Å². The molecular formula is C19H24O8. The lowest BCUT2D eigenvalue weighted by Crippen LogP contribution is -2.72. The Morgan fingerprint density at radius 1 is 1.30 bits per heavy atom. The van der Waals surface area contributed by atoms with Crippen LogP contribution in [0.15, 0.2) is 12.2 Å². The molecule has 0 radical (unpaired) electrons. The van der Waals surface area contributed by atoms with Gasteiger partial charge in [0.15, 0.2) is 5.60 Å². The summed E-state index contributed by atoms with van der Waals surface area (Å²) in [6.07, 6.45) is -4.37. The molecule has 0 aromatic rings. The van der Waals surface area contributed by atoms with Crippen molar-refractivity contribution in [3.8, 4) is 0 Å². The topological polar surface area (TPSA) is 126 Å². The number of rotatable bonds is 2. The van der Waals surface area contributed by atoms with Crippen molar-refractivity contribution in [1.82, 2.24) is 0 Å². The lowest BCUT2D eigenvalue weighted by Gasteiger charge is -2.57. The molecule has 11 atom stereocenters. The summed E-state index contributed by atoms with van der Waals surface area (Å²) in [5, 5.41) is 33.2. The van der Waals surface area contributed by atoms with Crippen LogP contribution in [0.3, 0.4) is 0 Å². The highest BCUT2D eigenvalue weighted by molar-refractivity contribution is 5.81. The molecule has 3 aliphatic heterocycles. The highest BCUT2D eigenvalue weighted by Gasteiger charge is 2.93. The summed E-state index contributed by atoms with van der Waals surface area (Å²) >= 11 is 0.